The average molecular weight is 287 g/mol. The van der Waals surface area contributed by atoms with Crippen molar-refractivity contribution in [2.24, 2.45) is 0 Å². The van der Waals surface area contributed by atoms with E-state index in [0.717, 1.165) is 24.8 Å². The molecule has 0 spiro atoms. The van der Waals surface area contributed by atoms with Crippen LogP contribution >= 0.6 is 0 Å². The van der Waals surface area contributed by atoms with Gasteiger partial charge in [0.05, 0.1) is 6.61 Å². The van der Waals surface area contributed by atoms with E-state index in [1.165, 1.54) is 23.8 Å². The van der Waals surface area contributed by atoms with E-state index in [2.05, 4.69) is 38.1 Å². The Morgan fingerprint density at radius 2 is 2.00 bits per heavy atom. The van der Waals surface area contributed by atoms with E-state index in [-0.39, 0.29) is 5.97 Å². The third-order valence-corrected chi connectivity index (χ3v) is 3.80. The molecule has 3 heteroatoms. The maximum absolute atomic E-state index is 11.9. The van der Waals surface area contributed by atoms with Gasteiger partial charge >= 0.3 is 5.97 Å². The normalized spacial score (nSPS) is 11.0. The van der Waals surface area contributed by atoms with Crippen molar-refractivity contribution in [3.63, 3.8) is 0 Å². The summed E-state index contributed by atoms with van der Waals surface area (Å²) >= 11 is 0. The Kier molecular flexibility index (Phi) is 5.85. The van der Waals surface area contributed by atoms with Crippen LogP contribution in [-0.2, 0) is 22.5 Å². The van der Waals surface area contributed by atoms with Crippen LogP contribution in [0, 0.1) is 0 Å². The van der Waals surface area contributed by atoms with Crippen LogP contribution in [0.15, 0.2) is 30.5 Å². The average Bonchev–Trinajstić information content (AvgIpc) is 2.89. The van der Waals surface area contributed by atoms with Crippen LogP contribution in [0.5, 0.6) is 0 Å². The molecule has 0 fully saturated rings. The zero-order chi connectivity index (χ0) is 15.1. The van der Waals surface area contributed by atoms with Gasteiger partial charge in [0.1, 0.15) is 6.54 Å². The number of benzene rings is 1. The number of carbonyl (C=O) groups is 1. The third-order valence-electron chi connectivity index (χ3n) is 3.80. The topological polar surface area (TPSA) is 31.2 Å². The summed E-state index contributed by atoms with van der Waals surface area (Å²) in [5.74, 6) is -0.149. The van der Waals surface area contributed by atoms with Crippen molar-refractivity contribution in [2.75, 3.05) is 6.61 Å². The fourth-order valence-electron chi connectivity index (χ4n) is 2.51. The first-order valence-electron chi connectivity index (χ1n) is 7.98. The van der Waals surface area contributed by atoms with Gasteiger partial charge in [0.25, 0.3) is 0 Å². The molecule has 0 unspecified atom stereocenters. The first kappa shape index (κ1) is 15.6. The second-order valence-electron chi connectivity index (χ2n) is 5.47. The fraction of sp³-hybridized carbons (Fsp3) is 0.500. The summed E-state index contributed by atoms with van der Waals surface area (Å²) in [7, 11) is 0. The Morgan fingerprint density at radius 1 is 1.14 bits per heavy atom. The van der Waals surface area contributed by atoms with E-state index in [0.29, 0.717) is 13.2 Å². The maximum atomic E-state index is 11.9. The zero-order valence-corrected chi connectivity index (χ0v) is 13.1. The standard InChI is InChI=1S/C18H25NO2/c1-3-5-6-7-12-21-18(20)14-19-11-10-16-13-15(4-2)8-9-17(16)19/h8-11,13H,3-7,12,14H2,1-2H3. The summed E-state index contributed by atoms with van der Waals surface area (Å²) in [5, 5.41) is 1.19. The minimum Gasteiger partial charge on any atom is -0.464 e. The Bertz CT molecular complexity index is 586. The van der Waals surface area contributed by atoms with Crippen LogP contribution in [0.2, 0.25) is 0 Å². The number of carbonyl (C=O) groups excluding carboxylic acids is 1. The molecule has 0 saturated heterocycles. The lowest BCUT2D eigenvalue weighted by atomic mass is 10.1. The molecule has 1 aromatic heterocycles. The monoisotopic (exact) mass is 287 g/mol. The molecule has 0 atom stereocenters. The van der Waals surface area contributed by atoms with Crippen LogP contribution in [0.25, 0.3) is 10.9 Å². The highest BCUT2D eigenvalue weighted by Gasteiger charge is 2.07. The lowest BCUT2D eigenvalue weighted by Crippen LogP contribution is -2.13. The molecule has 0 N–H and O–H groups in total. The van der Waals surface area contributed by atoms with Crippen molar-refractivity contribution < 1.29 is 9.53 Å². The predicted molar refractivity (Wildman–Crippen MR) is 86.4 cm³/mol. The molecule has 0 amide bonds. The van der Waals surface area contributed by atoms with Crippen LogP contribution in [0.1, 0.15) is 45.1 Å². The Labute approximate surface area is 126 Å². The molecular weight excluding hydrogens is 262 g/mol. The van der Waals surface area contributed by atoms with Gasteiger partial charge in [-0.2, -0.15) is 0 Å². The fourth-order valence-corrected chi connectivity index (χ4v) is 2.51. The van der Waals surface area contributed by atoms with E-state index in [9.17, 15) is 4.79 Å². The number of ether oxygens (including phenoxy) is 1. The molecule has 3 nitrogen and oxygen atoms in total. The molecule has 0 radical (unpaired) electrons. The summed E-state index contributed by atoms with van der Waals surface area (Å²) < 4.78 is 7.26. The number of hydrogen-bond acceptors (Lipinski definition) is 2. The van der Waals surface area contributed by atoms with Crippen molar-refractivity contribution in [1.29, 1.82) is 0 Å². The highest BCUT2D eigenvalue weighted by molar-refractivity contribution is 5.82. The number of unbranched alkanes of at least 4 members (excludes halogenated alkanes) is 3. The minimum absolute atomic E-state index is 0.149. The molecule has 0 saturated carbocycles. The number of aromatic nitrogens is 1. The molecule has 1 heterocycles. The first-order chi connectivity index (χ1) is 10.2. The summed E-state index contributed by atoms with van der Waals surface area (Å²) in [4.78, 5) is 11.9. The van der Waals surface area contributed by atoms with Crippen molar-refractivity contribution >= 4 is 16.9 Å². The summed E-state index contributed by atoms with van der Waals surface area (Å²) in [6.45, 7) is 5.15. The number of rotatable bonds is 8. The van der Waals surface area contributed by atoms with Crippen molar-refractivity contribution in [3.05, 3.63) is 36.0 Å². The molecule has 1 aromatic carbocycles. The van der Waals surface area contributed by atoms with E-state index in [4.69, 9.17) is 4.74 Å². The molecule has 0 aliphatic heterocycles. The first-order valence-corrected chi connectivity index (χ1v) is 7.98. The van der Waals surface area contributed by atoms with Crippen LogP contribution in [-0.4, -0.2) is 17.1 Å². The second kappa shape index (κ2) is 7.87. The molecule has 0 aliphatic carbocycles. The van der Waals surface area contributed by atoms with Gasteiger partial charge in [-0.3, -0.25) is 4.79 Å². The number of hydrogen-bond donors (Lipinski definition) is 0. The van der Waals surface area contributed by atoms with E-state index in [1.54, 1.807) is 0 Å². The Balaban J connectivity index is 1.89. The van der Waals surface area contributed by atoms with Crippen molar-refractivity contribution in [3.8, 4) is 0 Å². The van der Waals surface area contributed by atoms with E-state index < -0.39 is 0 Å². The number of fused-ring (bicyclic) bond motifs is 1. The largest absolute Gasteiger partial charge is 0.464 e. The molecule has 114 valence electrons. The van der Waals surface area contributed by atoms with Gasteiger partial charge in [-0.1, -0.05) is 39.2 Å². The molecule has 21 heavy (non-hydrogen) atoms. The molecule has 2 aromatic rings. The lowest BCUT2D eigenvalue weighted by Gasteiger charge is -2.07. The molecule has 0 bridgehead atoms. The van der Waals surface area contributed by atoms with Gasteiger partial charge in [0, 0.05) is 11.7 Å². The van der Waals surface area contributed by atoms with Gasteiger partial charge in [0.15, 0.2) is 0 Å². The quantitative estimate of drug-likeness (QED) is 0.534. The van der Waals surface area contributed by atoms with Crippen LogP contribution in [0.3, 0.4) is 0 Å². The summed E-state index contributed by atoms with van der Waals surface area (Å²) in [6.07, 6.45) is 7.49. The smallest absolute Gasteiger partial charge is 0.325 e. The number of esters is 1. The van der Waals surface area contributed by atoms with Gasteiger partial charge in [0.2, 0.25) is 0 Å². The van der Waals surface area contributed by atoms with E-state index in [1.807, 2.05) is 10.8 Å². The van der Waals surface area contributed by atoms with Gasteiger partial charge < -0.3 is 9.30 Å². The molecular formula is C18H25NO2. The Hall–Kier alpha value is -1.77. The van der Waals surface area contributed by atoms with E-state index >= 15 is 0 Å². The van der Waals surface area contributed by atoms with Crippen molar-refractivity contribution in [2.45, 2.75) is 52.5 Å². The van der Waals surface area contributed by atoms with Crippen LogP contribution in [0.4, 0.5) is 0 Å². The summed E-state index contributed by atoms with van der Waals surface area (Å²) in [5.41, 5.74) is 2.41. The minimum atomic E-state index is -0.149. The summed E-state index contributed by atoms with van der Waals surface area (Å²) in [6, 6.07) is 8.45. The Morgan fingerprint density at radius 3 is 2.76 bits per heavy atom. The number of nitrogens with zero attached hydrogens (tertiary/aromatic N) is 1. The van der Waals surface area contributed by atoms with Crippen LogP contribution < -0.4 is 0 Å². The molecule has 0 aliphatic rings. The third kappa shape index (κ3) is 4.35. The van der Waals surface area contributed by atoms with Gasteiger partial charge in [-0.05, 0) is 42.0 Å². The SMILES string of the molecule is CCCCCCOC(=O)Cn1ccc2cc(CC)ccc21. The van der Waals surface area contributed by atoms with Gasteiger partial charge in [-0.25, -0.2) is 0 Å². The second-order valence-corrected chi connectivity index (χ2v) is 5.47. The number of aryl methyl sites for hydroxylation is 1. The highest BCUT2D eigenvalue weighted by Crippen LogP contribution is 2.18. The molecule has 2 rings (SSSR count). The zero-order valence-electron chi connectivity index (χ0n) is 13.1. The lowest BCUT2D eigenvalue weighted by molar-refractivity contribution is -0.144. The van der Waals surface area contributed by atoms with Gasteiger partial charge in [-0.15, -0.1) is 0 Å². The van der Waals surface area contributed by atoms with Crippen molar-refractivity contribution in [1.82, 2.24) is 4.57 Å². The predicted octanol–water partition coefficient (Wildman–Crippen LogP) is 4.33. The highest BCUT2D eigenvalue weighted by atomic mass is 16.5. The maximum Gasteiger partial charge on any atom is 0.325 e.